The highest BCUT2D eigenvalue weighted by Crippen LogP contribution is 2.22. The highest BCUT2D eigenvalue weighted by molar-refractivity contribution is 5.84. The van der Waals surface area contributed by atoms with Crippen molar-refractivity contribution >= 4 is 5.91 Å². The minimum Gasteiger partial charge on any atom is -0.341 e. The number of nitrogens with zero attached hydrogens (tertiary/aromatic N) is 1. The first-order valence-corrected chi connectivity index (χ1v) is 5.36. The molecule has 2 N–H and O–H groups in total. The maximum Gasteiger partial charge on any atom is 0.244 e. The van der Waals surface area contributed by atoms with E-state index >= 15 is 0 Å². The van der Waals surface area contributed by atoms with Crippen LogP contribution in [0.2, 0.25) is 0 Å². The van der Waals surface area contributed by atoms with Crippen molar-refractivity contribution in [1.82, 2.24) is 4.90 Å². The number of carbonyl (C=O) groups is 1. The second-order valence-electron chi connectivity index (χ2n) is 3.84. The van der Waals surface area contributed by atoms with Crippen LogP contribution in [-0.4, -0.2) is 23.9 Å². The number of likely N-dealkylation sites (N-methyl/N-ethyl adjacent to an activating group) is 1. The molecule has 1 amide bonds. The van der Waals surface area contributed by atoms with Crippen LogP contribution in [0.3, 0.4) is 0 Å². The smallest absolute Gasteiger partial charge is 0.244 e. The van der Waals surface area contributed by atoms with E-state index in [4.69, 9.17) is 5.73 Å². The fourth-order valence-electron chi connectivity index (χ4n) is 2.07. The number of amides is 1. The van der Waals surface area contributed by atoms with Gasteiger partial charge >= 0.3 is 0 Å². The van der Waals surface area contributed by atoms with Gasteiger partial charge in [0, 0.05) is 13.1 Å². The predicted molar refractivity (Wildman–Crippen MR) is 59.3 cm³/mol. The largest absolute Gasteiger partial charge is 0.341 e. The molecular weight excluding hydrogens is 188 g/mol. The Balaban J connectivity index is 2.39. The van der Waals surface area contributed by atoms with E-state index in [1.54, 1.807) is 0 Å². The van der Waals surface area contributed by atoms with Crippen molar-refractivity contribution in [3.63, 3.8) is 0 Å². The number of rotatable bonds is 1. The fraction of sp³-hybridized carbons (Fsp3) is 0.417. The van der Waals surface area contributed by atoms with Crippen molar-refractivity contribution in [2.45, 2.75) is 19.4 Å². The van der Waals surface area contributed by atoms with Gasteiger partial charge in [0.25, 0.3) is 0 Å². The molecule has 1 aliphatic rings. The molecule has 0 unspecified atom stereocenters. The third kappa shape index (κ3) is 1.75. The summed E-state index contributed by atoms with van der Waals surface area (Å²) in [4.78, 5) is 13.8. The van der Waals surface area contributed by atoms with E-state index in [0.29, 0.717) is 0 Å². The van der Waals surface area contributed by atoms with Crippen molar-refractivity contribution in [3.8, 4) is 0 Å². The molecule has 0 spiro atoms. The summed E-state index contributed by atoms with van der Waals surface area (Å²) in [6.45, 7) is 3.50. The van der Waals surface area contributed by atoms with Crippen molar-refractivity contribution in [1.29, 1.82) is 0 Å². The van der Waals surface area contributed by atoms with Crippen molar-refractivity contribution < 1.29 is 4.79 Å². The standard InChI is InChI=1S/C12H16N2O/c1-2-14-8-7-9-5-3-4-6-10(9)11(13)12(14)15/h3-6,11H,2,7-8,13H2,1H3/t11-/m0/s1. The highest BCUT2D eigenvalue weighted by atomic mass is 16.2. The second kappa shape index (κ2) is 4.03. The minimum absolute atomic E-state index is 0.0439. The average Bonchev–Trinajstić information content (AvgIpc) is 2.39. The van der Waals surface area contributed by atoms with Gasteiger partial charge in [0.2, 0.25) is 5.91 Å². The zero-order valence-corrected chi connectivity index (χ0v) is 8.94. The minimum atomic E-state index is -0.483. The van der Waals surface area contributed by atoms with Crippen LogP contribution < -0.4 is 5.73 Å². The van der Waals surface area contributed by atoms with Gasteiger partial charge < -0.3 is 10.6 Å². The summed E-state index contributed by atoms with van der Waals surface area (Å²) in [6, 6.07) is 7.47. The van der Waals surface area contributed by atoms with Gasteiger partial charge in [-0.3, -0.25) is 4.79 Å². The van der Waals surface area contributed by atoms with E-state index in [-0.39, 0.29) is 5.91 Å². The number of hydrogen-bond donors (Lipinski definition) is 1. The van der Waals surface area contributed by atoms with Crippen LogP contribution in [0.25, 0.3) is 0 Å². The quantitative estimate of drug-likeness (QED) is 0.744. The molecule has 80 valence electrons. The van der Waals surface area contributed by atoms with Gasteiger partial charge in [-0.2, -0.15) is 0 Å². The van der Waals surface area contributed by atoms with Gasteiger partial charge in [-0.25, -0.2) is 0 Å². The second-order valence-corrected chi connectivity index (χ2v) is 3.84. The number of hydrogen-bond acceptors (Lipinski definition) is 2. The summed E-state index contributed by atoms with van der Waals surface area (Å²) >= 11 is 0. The number of carbonyl (C=O) groups excluding carboxylic acids is 1. The first kappa shape index (κ1) is 10.2. The molecule has 1 heterocycles. The van der Waals surface area contributed by atoms with Crippen LogP contribution >= 0.6 is 0 Å². The number of fused-ring (bicyclic) bond motifs is 1. The maximum absolute atomic E-state index is 11.9. The van der Waals surface area contributed by atoms with E-state index in [2.05, 4.69) is 6.07 Å². The van der Waals surface area contributed by atoms with Gasteiger partial charge in [0.15, 0.2) is 0 Å². The van der Waals surface area contributed by atoms with Gasteiger partial charge in [-0.1, -0.05) is 24.3 Å². The molecule has 0 bridgehead atoms. The van der Waals surface area contributed by atoms with E-state index < -0.39 is 6.04 Å². The molecule has 3 nitrogen and oxygen atoms in total. The Morgan fingerprint density at radius 2 is 2.20 bits per heavy atom. The van der Waals surface area contributed by atoms with E-state index in [9.17, 15) is 4.79 Å². The molecule has 0 saturated heterocycles. The normalized spacial score (nSPS) is 21.1. The Bertz CT molecular complexity index is 376. The van der Waals surface area contributed by atoms with Gasteiger partial charge in [-0.05, 0) is 24.5 Å². The molecule has 0 fully saturated rings. The molecule has 0 aromatic heterocycles. The molecule has 0 aliphatic carbocycles. The molecule has 0 saturated carbocycles. The summed E-state index contributed by atoms with van der Waals surface area (Å²) in [5, 5.41) is 0. The molecule has 15 heavy (non-hydrogen) atoms. The lowest BCUT2D eigenvalue weighted by Gasteiger charge is -2.20. The molecule has 3 heteroatoms. The van der Waals surface area contributed by atoms with E-state index in [0.717, 1.165) is 25.1 Å². The van der Waals surface area contributed by atoms with E-state index in [1.165, 1.54) is 5.56 Å². The Morgan fingerprint density at radius 1 is 1.47 bits per heavy atom. The topological polar surface area (TPSA) is 46.3 Å². The third-order valence-electron chi connectivity index (χ3n) is 3.00. The molecule has 2 rings (SSSR count). The lowest BCUT2D eigenvalue weighted by atomic mass is 10.00. The van der Waals surface area contributed by atoms with Crippen LogP contribution in [0.15, 0.2) is 24.3 Å². The number of benzene rings is 1. The predicted octanol–water partition coefficient (Wildman–Crippen LogP) is 1.09. The Kier molecular flexibility index (Phi) is 2.73. The summed E-state index contributed by atoms with van der Waals surface area (Å²) in [7, 11) is 0. The van der Waals surface area contributed by atoms with Gasteiger partial charge in [-0.15, -0.1) is 0 Å². The van der Waals surface area contributed by atoms with Crippen LogP contribution in [0.5, 0.6) is 0 Å². The van der Waals surface area contributed by atoms with Crippen molar-refractivity contribution in [2.24, 2.45) is 5.73 Å². The zero-order chi connectivity index (χ0) is 10.8. The zero-order valence-electron chi connectivity index (χ0n) is 8.94. The molecule has 1 atom stereocenters. The van der Waals surface area contributed by atoms with Crippen molar-refractivity contribution in [2.75, 3.05) is 13.1 Å². The number of nitrogens with two attached hydrogens (primary N) is 1. The molecule has 1 aromatic carbocycles. The summed E-state index contributed by atoms with van der Waals surface area (Å²) in [5.74, 6) is 0.0439. The Labute approximate surface area is 89.9 Å². The summed E-state index contributed by atoms with van der Waals surface area (Å²) in [5.41, 5.74) is 8.15. The monoisotopic (exact) mass is 204 g/mol. The highest BCUT2D eigenvalue weighted by Gasteiger charge is 2.26. The Hall–Kier alpha value is -1.35. The maximum atomic E-state index is 11.9. The Morgan fingerprint density at radius 3 is 2.93 bits per heavy atom. The molecule has 0 radical (unpaired) electrons. The van der Waals surface area contributed by atoms with E-state index in [1.807, 2.05) is 30.0 Å². The van der Waals surface area contributed by atoms with Crippen LogP contribution in [-0.2, 0) is 11.2 Å². The lowest BCUT2D eigenvalue weighted by molar-refractivity contribution is -0.132. The van der Waals surface area contributed by atoms with Crippen LogP contribution in [0.1, 0.15) is 24.1 Å². The average molecular weight is 204 g/mol. The SMILES string of the molecule is CCN1CCc2ccccc2[C@H](N)C1=O. The van der Waals surface area contributed by atoms with Gasteiger partial charge in [0.1, 0.15) is 6.04 Å². The first-order chi connectivity index (χ1) is 7.24. The lowest BCUT2D eigenvalue weighted by Crippen LogP contribution is -2.37. The molecular formula is C12H16N2O. The third-order valence-corrected chi connectivity index (χ3v) is 3.00. The molecule has 1 aromatic rings. The van der Waals surface area contributed by atoms with Crippen molar-refractivity contribution in [3.05, 3.63) is 35.4 Å². The molecule has 1 aliphatic heterocycles. The fourth-order valence-corrected chi connectivity index (χ4v) is 2.07. The van der Waals surface area contributed by atoms with Crippen LogP contribution in [0.4, 0.5) is 0 Å². The van der Waals surface area contributed by atoms with Crippen LogP contribution in [0, 0.1) is 0 Å². The summed E-state index contributed by atoms with van der Waals surface area (Å²) < 4.78 is 0. The first-order valence-electron chi connectivity index (χ1n) is 5.36. The van der Waals surface area contributed by atoms with Gasteiger partial charge in [0.05, 0.1) is 0 Å². The summed E-state index contributed by atoms with van der Waals surface area (Å²) in [6.07, 6.45) is 0.906.